The third kappa shape index (κ3) is 1.88. The lowest BCUT2D eigenvalue weighted by atomic mass is 10.0. The summed E-state index contributed by atoms with van der Waals surface area (Å²) in [5.74, 6) is -0.105. The molecule has 0 amide bonds. The van der Waals surface area contributed by atoms with E-state index in [0.717, 1.165) is 0 Å². The van der Waals surface area contributed by atoms with Crippen LogP contribution in [0.5, 0.6) is 0 Å². The van der Waals surface area contributed by atoms with Gasteiger partial charge in [0, 0.05) is 11.6 Å². The highest BCUT2D eigenvalue weighted by molar-refractivity contribution is 5.96. The molecule has 0 aliphatic carbocycles. The molecule has 0 fully saturated rings. The van der Waals surface area contributed by atoms with E-state index in [1.54, 1.807) is 0 Å². The van der Waals surface area contributed by atoms with Crippen LogP contribution in [-0.4, -0.2) is 15.8 Å². The van der Waals surface area contributed by atoms with E-state index >= 15 is 0 Å². The van der Waals surface area contributed by atoms with Crippen LogP contribution in [0.1, 0.15) is 37.0 Å². The Balaban J connectivity index is 3.13. The van der Waals surface area contributed by atoms with Gasteiger partial charge in [0.05, 0.1) is 0 Å². The maximum absolute atomic E-state index is 11.5. The maximum atomic E-state index is 11.5. The Morgan fingerprint density at radius 2 is 2.00 bits per heavy atom. The van der Waals surface area contributed by atoms with Crippen LogP contribution in [0.4, 0.5) is 0 Å². The molecular weight excluding hydrogens is 168 g/mol. The molecule has 1 aromatic rings. The first kappa shape index (κ1) is 9.77. The molecular formula is C9H14N2O2. The van der Waals surface area contributed by atoms with Crippen LogP contribution in [0.25, 0.3) is 0 Å². The second-order valence-electron chi connectivity index (χ2n) is 3.31. The second-order valence-corrected chi connectivity index (χ2v) is 3.31. The number of carbonyl (C=O) groups excluding carboxylic acids is 1. The lowest BCUT2D eigenvalue weighted by Gasteiger charge is -2.02. The SMILES string of the molecule is CCc1[nH]c(=O)[nH]c1C(=O)C(C)C. The standard InChI is InChI=1S/C9H14N2O2/c1-4-6-7(8(12)5(2)3)11-9(13)10-6/h5H,4H2,1-3H3,(H2,10,11,13). The lowest BCUT2D eigenvalue weighted by molar-refractivity contribution is 0.0934. The van der Waals surface area contributed by atoms with E-state index in [2.05, 4.69) is 9.97 Å². The number of carbonyl (C=O) groups is 1. The zero-order valence-corrected chi connectivity index (χ0v) is 8.10. The smallest absolute Gasteiger partial charge is 0.309 e. The second kappa shape index (κ2) is 3.60. The van der Waals surface area contributed by atoms with E-state index in [0.29, 0.717) is 17.8 Å². The van der Waals surface area contributed by atoms with Gasteiger partial charge in [-0.25, -0.2) is 4.79 Å². The fraction of sp³-hybridized carbons (Fsp3) is 0.556. The molecule has 0 saturated carbocycles. The summed E-state index contributed by atoms with van der Waals surface area (Å²) in [6, 6.07) is 0. The summed E-state index contributed by atoms with van der Waals surface area (Å²) in [5.41, 5.74) is 0.826. The maximum Gasteiger partial charge on any atom is 0.323 e. The molecule has 0 aliphatic rings. The van der Waals surface area contributed by atoms with E-state index in [-0.39, 0.29) is 17.4 Å². The first-order chi connectivity index (χ1) is 6.06. The van der Waals surface area contributed by atoms with E-state index in [9.17, 15) is 9.59 Å². The largest absolute Gasteiger partial charge is 0.323 e. The van der Waals surface area contributed by atoms with Crippen molar-refractivity contribution >= 4 is 5.78 Å². The molecule has 0 atom stereocenters. The minimum Gasteiger partial charge on any atom is -0.309 e. The highest BCUT2D eigenvalue weighted by Crippen LogP contribution is 2.08. The van der Waals surface area contributed by atoms with Crippen LogP contribution in [0.3, 0.4) is 0 Å². The Hall–Kier alpha value is -1.32. The summed E-state index contributed by atoms with van der Waals surface area (Å²) in [6.07, 6.45) is 0.659. The van der Waals surface area contributed by atoms with Crippen molar-refractivity contribution < 1.29 is 4.79 Å². The molecule has 0 aromatic carbocycles. The van der Waals surface area contributed by atoms with Gasteiger partial charge in [0.15, 0.2) is 5.78 Å². The highest BCUT2D eigenvalue weighted by Gasteiger charge is 2.16. The number of hydrogen-bond acceptors (Lipinski definition) is 2. The Labute approximate surface area is 76.4 Å². The number of ketones is 1. The quantitative estimate of drug-likeness (QED) is 0.687. The summed E-state index contributed by atoms with van der Waals surface area (Å²) in [4.78, 5) is 27.6. The number of nitrogens with one attached hydrogen (secondary N) is 2. The summed E-state index contributed by atoms with van der Waals surface area (Å²) >= 11 is 0. The third-order valence-electron chi connectivity index (χ3n) is 1.93. The number of aromatic nitrogens is 2. The molecule has 0 saturated heterocycles. The monoisotopic (exact) mass is 182 g/mol. The Morgan fingerprint density at radius 1 is 1.38 bits per heavy atom. The molecule has 0 bridgehead atoms. The number of imidazole rings is 1. The van der Waals surface area contributed by atoms with E-state index in [1.807, 2.05) is 20.8 Å². The van der Waals surface area contributed by atoms with Crippen molar-refractivity contribution in [2.45, 2.75) is 27.2 Å². The van der Waals surface area contributed by atoms with Gasteiger partial charge in [0.1, 0.15) is 5.69 Å². The zero-order chi connectivity index (χ0) is 10.0. The number of Topliss-reactive ketones (excluding diaryl/α,β-unsaturated/α-hetero) is 1. The van der Waals surface area contributed by atoms with Crippen molar-refractivity contribution in [1.82, 2.24) is 9.97 Å². The molecule has 0 aliphatic heterocycles. The summed E-state index contributed by atoms with van der Waals surface area (Å²) in [7, 11) is 0. The van der Waals surface area contributed by atoms with Crippen LogP contribution < -0.4 is 5.69 Å². The van der Waals surface area contributed by atoms with Gasteiger partial charge in [-0.2, -0.15) is 0 Å². The van der Waals surface area contributed by atoms with Crippen LogP contribution in [0.2, 0.25) is 0 Å². The van der Waals surface area contributed by atoms with Crippen LogP contribution in [0, 0.1) is 5.92 Å². The summed E-state index contributed by atoms with van der Waals surface area (Å²) in [6.45, 7) is 5.52. The Morgan fingerprint density at radius 3 is 2.46 bits per heavy atom. The number of rotatable bonds is 3. The zero-order valence-electron chi connectivity index (χ0n) is 8.10. The number of aryl methyl sites for hydroxylation is 1. The van der Waals surface area contributed by atoms with Crippen molar-refractivity contribution in [2.75, 3.05) is 0 Å². The molecule has 4 heteroatoms. The number of aromatic amines is 2. The van der Waals surface area contributed by atoms with Crippen molar-refractivity contribution in [1.29, 1.82) is 0 Å². The minimum atomic E-state index is -0.305. The van der Waals surface area contributed by atoms with Gasteiger partial charge >= 0.3 is 5.69 Å². The van der Waals surface area contributed by atoms with E-state index in [1.165, 1.54) is 0 Å². The van der Waals surface area contributed by atoms with Crippen molar-refractivity contribution in [2.24, 2.45) is 5.92 Å². The van der Waals surface area contributed by atoms with Crippen molar-refractivity contribution in [3.05, 3.63) is 21.9 Å². The molecule has 2 N–H and O–H groups in total. The molecule has 13 heavy (non-hydrogen) atoms. The first-order valence-corrected chi connectivity index (χ1v) is 4.41. The van der Waals surface area contributed by atoms with Gasteiger partial charge in [0.25, 0.3) is 0 Å². The predicted molar refractivity (Wildman–Crippen MR) is 50.0 cm³/mol. The molecule has 4 nitrogen and oxygen atoms in total. The van der Waals surface area contributed by atoms with Crippen LogP contribution >= 0.6 is 0 Å². The Bertz CT molecular complexity index is 360. The highest BCUT2D eigenvalue weighted by atomic mass is 16.1. The normalized spacial score (nSPS) is 10.8. The van der Waals surface area contributed by atoms with Gasteiger partial charge in [-0.1, -0.05) is 20.8 Å². The van der Waals surface area contributed by atoms with Crippen molar-refractivity contribution in [3.8, 4) is 0 Å². The van der Waals surface area contributed by atoms with E-state index < -0.39 is 0 Å². The lowest BCUT2D eigenvalue weighted by Crippen LogP contribution is -2.11. The summed E-state index contributed by atoms with van der Waals surface area (Å²) in [5, 5.41) is 0. The Kier molecular flexibility index (Phi) is 2.70. The number of hydrogen-bond donors (Lipinski definition) is 2. The van der Waals surface area contributed by atoms with Gasteiger partial charge in [-0.05, 0) is 6.42 Å². The molecule has 1 aromatic heterocycles. The van der Waals surface area contributed by atoms with Gasteiger partial charge in [0.2, 0.25) is 0 Å². The molecule has 1 rings (SSSR count). The predicted octanol–water partition coefficient (Wildman–Crippen LogP) is 1.10. The third-order valence-corrected chi connectivity index (χ3v) is 1.93. The van der Waals surface area contributed by atoms with Crippen LogP contribution in [-0.2, 0) is 6.42 Å². The van der Waals surface area contributed by atoms with Crippen LogP contribution in [0.15, 0.2) is 4.79 Å². The molecule has 0 radical (unpaired) electrons. The number of H-pyrrole nitrogens is 2. The first-order valence-electron chi connectivity index (χ1n) is 4.41. The average Bonchev–Trinajstić information content (AvgIpc) is 2.45. The molecule has 72 valence electrons. The van der Waals surface area contributed by atoms with Crippen molar-refractivity contribution in [3.63, 3.8) is 0 Å². The average molecular weight is 182 g/mol. The topological polar surface area (TPSA) is 65.7 Å². The molecule has 0 spiro atoms. The summed E-state index contributed by atoms with van der Waals surface area (Å²) < 4.78 is 0. The fourth-order valence-electron chi connectivity index (χ4n) is 1.18. The van der Waals surface area contributed by atoms with Gasteiger partial charge in [-0.3, -0.25) is 4.79 Å². The fourth-order valence-corrected chi connectivity index (χ4v) is 1.18. The van der Waals surface area contributed by atoms with E-state index in [4.69, 9.17) is 0 Å². The molecule has 0 unspecified atom stereocenters. The minimum absolute atomic E-state index is 0.0183. The van der Waals surface area contributed by atoms with Gasteiger partial charge in [-0.15, -0.1) is 0 Å². The van der Waals surface area contributed by atoms with Gasteiger partial charge < -0.3 is 9.97 Å². The molecule has 1 heterocycles.